The van der Waals surface area contributed by atoms with Crippen LogP contribution in [0, 0.1) is 5.92 Å². The molecule has 2 N–H and O–H groups in total. The lowest BCUT2D eigenvalue weighted by Gasteiger charge is -2.22. The zero-order valence-electron chi connectivity index (χ0n) is 13.9. The van der Waals surface area contributed by atoms with Crippen molar-refractivity contribution < 1.29 is 0 Å². The first-order chi connectivity index (χ1) is 11.8. The first-order valence-corrected chi connectivity index (χ1v) is 8.46. The predicted octanol–water partition coefficient (Wildman–Crippen LogP) is 2.20. The van der Waals surface area contributed by atoms with E-state index in [9.17, 15) is 0 Å². The van der Waals surface area contributed by atoms with Gasteiger partial charge in [-0.15, -0.1) is 0 Å². The van der Waals surface area contributed by atoms with Gasteiger partial charge in [0.15, 0.2) is 0 Å². The van der Waals surface area contributed by atoms with Gasteiger partial charge in [-0.05, 0) is 41.8 Å². The maximum Gasteiger partial charge on any atom is 0.227 e. The summed E-state index contributed by atoms with van der Waals surface area (Å²) in [5.74, 6) is 2.20. The van der Waals surface area contributed by atoms with Crippen molar-refractivity contribution in [2.45, 2.75) is 13.5 Å². The molecular formula is C18H22N6. The Kier molecular flexibility index (Phi) is 4.13. The average Bonchev–Trinajstić information content (AvgIpc) is 2.94. The van der Waals surface area contributed by atoms with E-state index in [1.165, 1.54) is 11.1 Å². The Labute approximate surface area is 142 Å². The number of aromatic nitrogens is 2. The largest absolute Gasteiger partial charge is 0.340 e. The van der Waals surface area contributed by atoms with Crippen molar-refractivity contribution in [2.24, 2.45) is 10.9 Å². The number of aliphatic imine (C=N–C) groups is 1. The molecule has 24 heavy (non-hydrogen) atoms. The number of fused-ring (bicyclic) bond motifs is 1. The van der Waals surface area contributed by atoms with E-state index >= 15 is 0 Å². The topological polar surface area (TPSA) is 65.4 Å². The lowest BCUT2D eigenvalue weighted by atomic mass is 10.1. The fraction of sp³-hybridized carbons (Fsp3) is 0.389. The Morgan fingerprint density at radius 2 is 2.25 bits per heavy atom. The van der Waals surface area contributed by atoms with Crippen LogP contribution in [0.25, 0.3) is 0 Å². The second-order valence-corrected chi connectivity index (χ2v) is 6.51. The zero-order chi connectivity index (χ0) is 16.4. The third kappa shape index (κ3) is 3.23. The van der Waals surface area contributed by atoms with Gasteiger partial charge in [-0.2, -0.15) is 4.98 Å². The van der Waals surface area contributed by atoms with E-state index in [0.29, 0.717) is 5.92 Å². The van der Waals surface area contributed by atoms with Crippen LogP contribution in [0.2, 0.25) is 0 Å². The van der Waals surface area contributed by atoms with Crippen molar-refractivity contribution in [2.75, 3.05) is 36.4 Å². The van der Waals surface area contributed by atoms with Crippen molar-refractivity contribution in [3.8, 4) is 0 Å². The molecule has 0 bridgehead atoms. The fourth-order valence-electron chi connectivity index (χ4n) is 3.17. The molecule has 1 aromatic carbocycles. The maximum absolute atomic E-state index is 4.70. The summed E-state index contributed by atoms with van der Waals surface area (Å²) >= 11 is 0. The molecule has 1 fully saturated rings. The quantitative estimate of drug-likeness (QED) is 0.907. The lowest BCUT2D eigenvalue weighted by molar-refractivity contribution is 0.561. The third-order valence-corrected chi connectivity index (χ3v) is 4.42. The van der Waals surface area contributed by atoms with Crippen molar-refractivity contribution in [3.63, 3.8) is 0 Å². The molecule has 3 heterocycles. The van der Waals surface area contributed by atoms with Gasteiger partial charge >= 0.3 is 0 Å². The monoisotopic (exact) mass is 322 g/mol. The molecule has 2 aliphatic heterocycles. The highest BCUT2D eigenvalue weighted by Crippen LogP contribution is 2.22. The van der Waals surface area contributed by atoms with Crippen LogP contribution in [0.15, 0.2) is 35.5 Å². The Morgan fingerprint density at radius 1 is 1.29 bits per heavy atom. The number of nitrogens with zero attached hydrogens (tertiary/aromatic N) is 4. The van der Waals surface area contributed by atoms with Gasteiger partial charge in [-0.1, -0.05) is 13.0 Å². The summed E-state index contributed by atoms with van der Waals surface area (Å²) < 4.78 is 0. The molecule has 0 spiro atoms. The highest BCUT2D eigenvalue weighted by atomic mass is 15.3. The summed E-state index contributed by atoms with van der Waals surface area (Å²) in [6.07, 6.45) is 3.75. The summed E-state index contributed by atoms with van der Waals surface area (Å²) in [7, 11) is 0. The molecule has 1 atom stereocenters. The van der Waals surface area contributed by atoms with Crippen molar-refractivity contribution in [3.05, 3.63) is 41.6 Å². The van der Waals surface area contributed by atoms with Crippen LogP contribution in [0.3, 0.4) is 0 Å². The molecule has 1 unspecified atom stereocenters. The molecule has 1 saturated heterocycles. The normalized spacial score (nSPS) is 19.9. The summed E-state index contributed by atoms with van der Waals surface area (Å²) in [6, 6.07) is 8.22. The van der Waals surface area contributed by atoms with E-state index in [4.69, 9.17) is 4.98 Å². The molecule has 2 aromatic rings. The second kappa shape index (κ2) is 6.57. The molecule has 1 aromatic heterocycles. The fourth-order valence-corrected chi connectivity index (χ4v) is 3.17. The van der Waals surface area contributed by atoms with Crippen LogP contribution in [0.1, 0.15) is 18.1 Å². The number of rotatable bonds is 3. The van der Waals surface area contributed by atoms with Crippen molar-refractivity contribution in [1.82, 2.24) is 15.3 Å². The second-order valence-electron chi connectivity index (χ2n) is 6.51. The van der Waals surface area contributed by atoms with Crippen LogP contribution in [0.4, 0.5) is 17.5 Å². The summed E-state index contributed by atoms with van der Waals surface area (Å²) in [5.41, 5.74) is 3.48. The summed E-state index contributed by atoms with van der Waals surface area (Å²) in [5, 5.41) is 6.83. The van der Waals surface area contributed by atoms with E-state index in [-0.39, 0.29) is 0 Å². The highest BCUT2D eigenvalue weighted by Gasteiger charge is 2.17. The van der Waals surface area contributed by atoms with Gasteiger partial charge in [-0.3, -0.25) is 4.99 Å². The van der Waals surface area contributed by atoms with E-state index in [1.54, 1.807) is 0 Å². The first kappa shape index (κ1) is 15.1. The van der Waals surface area contributed by atoms with Crippen molar-refractivity contribution >= 4 is 23.7 Å². The minimum atomic E-state index is 0.587. The number of hydrogen-bond donors (Lipinski definition) is 2. The van der Waals surface area contributed by atoms with Gasteiger partial charge in [-0.25, -0.2) is 4.98 Å². The van der Waals surface area contributed by atoms with Gasteiger partial charge in [0.25, 0.3) is 0 Å². The number of benzene rings is 1. The molecular weight excluding hydrogens is 300 g/mol. The molecule has 6 heteroatoms. The van der Waals surface area contributed by atoms with E-state index in [1.807, 2.05) is 18.5 Å². The molecule has 0 radical (unpaired) electrons. The molecule has 0 aliphatic carbocycles. The zero-order valence-corrected chi connectivity index (χ0v) is 13.9. The predicted molar refractivity (Wildman–Crippen MR) is 97.3 cm³/mol. The highest BCUT2D eigenvalue weighted by molar-refractivity contribution is 5.86. The molecule has 6 nitrogen and oxygen atoms in total. The standard InChI is InChI=1S/C18H22N6/c1-13-9-19-6-7-24(12-13)18-21-5-4-17(23-18)22-16-3-2-14-10-20-11-15(14)8-16/h2-5,8,11,13,19H,6-7,9-10,12H2,1H3,(H,21,22,23). The number of nitrogens with one attached hydrogen (secondary N) is 2. The van der Waals surface area contributed by atoms with E-state index in [2.05, 4.69) is 50.6 Å². The van der Waals surface area contributed by atoms with Crippen molar-refractivity contribution in [1.29, 1.82) is 0 Å². The van der Waals surface area contributed by atoms with Gasteiger partial charge in [0.1, 0.15) is 5.82 Å². The number of hydrogen-bond acceptors (Lipinski definition) is 6. The lowest BCUT2D eigenvalue weighted by Crippen LogP contribution is -2.30. The van der Waals surface area contributed by atoms with Gasteiger partial charge in [0, 0.05) is 37.7 Å². The van der Waals surface area contributed by atoms with Gasteiger partial charge in [0.2, 0.25) is 5.95 Å². The van der Waals surface area contributed by atoms with Crippen LogP contribution in [0.5, 0.6) is 0 Å². The molecule has 0 saturated carbocycles. The van der Waals surface area contributed by atoms with E-state index in [0.717, 1.165) is 50.2 Å². The van der Waals surface area contributed by atoms with Crippen LogP contribution in [-0.2, 0) is 6.54 Å². The van der Waals surface area contributed by atoms with E-state index < -0.39 is 0 Å². The third-order valence-electron chi connectivity index (χ3n) is 4.42. The van der Waals surface area contributed by atoms with Crippen LogP contribution < -0.4 is 15.5 Å². The Hall–Kier alpha value is -2.47. The number of anilines is 3. The minimum Gasteiger partial charge on any atom is -0.340 e. The SMILES string of the molecule is CC1CNCCN(c2nccc(Nc3ccc4c(c3)C=NC4)n2)C1. The Morgan fingerprint density at radius 3 is 3.21 bits per heavy atom. The smallest absolute Gasteiger partial charge is 0.227 e. The maximum atomic E-state index is 4.70. The van der Waals surface area contributed by atoms with Crippen LogP contribution in [-0.4, -0.2) is 42.4 Å². The molecule has 2 aliphatic rings. The summed E-state index contributed by atoms with van der Waals surface area (Å²) in [4.78, 5) is 15.7. The van der Waals surface area contributed by atoms with Gasteiger partial charge < -0.3 is 15.5 Å². The van der Waals surface area contributed by atoms with Gasteiger partial charge in [0.05, 0.1) is 6.54 Å². The Balaban J connectivity index is 1.53. The average molecular weight is 322 g/mol. The Bertz CT molecular complexity index is 757. The van der Waals surface area contributed by atoms with Crippen LogP contribution >= 0.6 is 0 Å². The summed E-state index contributed by atoms with van der Waals surface area (Å²) in [6.45, 7) is 6.96. The first-order valence-electron chi connectivity index (χ1n) is 8.46. The minimum absolute atomic E-state index is 0.587. The molecule has 124 valence electrons. The molecule has 4 rings (SSSR count). The molecule has 0 amide bonds.